The van der Waals surface area contributed by atoms with Gasteiger partial charge in [0.2, 0.25) is 0 Å². The highest BCUT2D eigenvalue weighted by Gasteiger charge is 2.36. The number of hydrogen-bond donors (Lipinski definition) is 2. The first-order valence-electron chi connectivity index (χ1n) is 4.27. The molecule has 2 bridgehead atoms. The number of sulfone groups is 1. The maximum atomic E-state index is 11.3. The summed E-state index contributed by atoms with van der Waals surface area (Å²) in [7, 11) is -2.78. The molecule has 2 saturated heterocycles. The molecule has 70 valence electrons. The molecule has 0 aromatic rings. The Bertz CT molecular complexity index is 251. The molecule has 0 aromatic heterocycles. The van der Waals surface area contributed by atoms with Gasteiger partial charge in [-0.1, -0.05) is 0 Å². The number of nitrogens with one attached hydrogen (secondary N) is 1. The van der Waals surface area contributed by atoms with Gasteiger partial charge >= 0.3 is 0 Å². The van der Waals surface area contributed by atoms with Crippen LogP contribution < -0.4 is 11.1 Å². The van der Waals surface area contributed by atoms with Crippen LogP contribution >= 0.6 is 0 Å². The minimum Gasteiger partial charge on any atom is -0.328 e. The van der Waals surface area contributed by atoms with Crippen molar-refractivity contribution in [1.82, 2.24) is 5.32 Å². The number of piperidine rings is 1. The van der Waals surface area contributed by atoms with E-state index < -0.39 is 9.84 Å². The van der Waals surface area contributed by atoms with E-state index in [1.54, 1.807) is 0 Å². The van der Waals surface area contributed by atoms with E-state index in [0.29, 0.717) is 0 Å². The maximum absolute atomic E-state index is 11.3. The van der Waals surface area contributed by atoms with Crippen LogP contribution in [0.1, 0.15) is 12.8 Å². The van der Waals surface area contributed by atoms with Gasteiger partial charge in [-0.2, -0.15) is 0 Å². The number of rotatable bonds is 0. The lowest BCUT2D eigenvalue weighted by Gasteiger charge is -2.38. The van der Waals surface area contributed by atoms with Crippen LogP contribution in [0, 0.1) is 0 Å². The number of hydrogen-bond acceptors (Lipinski definition) is 4. The van der Waals surface area contributed by atoms with Crippen molar-refractivity contribution in [2.45, 2.75) is 31.0 Å². The lowest BCUT2D eigenvalue weighted by molar-refractivity contribution is 0.306. The molecule has 0 aliphatic carbocycles. The summed E-state index contributed by atoms with van der Waals surface area (Å²) in [6.45, 7) is 0. The fourth-order valence-corrected chi connectivity index (χ4v) is 4.04. The molecule has 2 fully saturated rings. The van der Waals surface area contributed by atoms with Gasteiger partial charge in [-0.25, -0.2) is 8.42 Å². The highest BCUT2D eigenvalue weighted by Crippen LogP contribution is 2.20. The van der Waals surface area contributed by atoms with Gasteiger partial charge in [0.25, 0.3) is 0 Å². The van der Waals surface area contributed by atoms with Crippen molar-refractivity contribution in [1.29, 1.82) is 0 Å². The molecular formula is C7H14N2O2S. The minimum absolute atomic E-state index is 0.109. The van der Waals surface area contributed by atoms with Gasteiger partial charge in [-0.15, -0.1) is 0 Å². The third kappa shape index (κ3) is 1.62. The molecule has 0 amide bonds. The van der Waals surface area contributed by atoms with Crippen molar-refractivity contribution < 1.29 is 8.42 Å². The zero-order valence-electron chi connectivity index (χ0n) is 6.86. The molecule has 0 saturated carbocycles. The first-order valence-corrected chi connectivity index (χ1v) is 6.09. The molecule has 0 radical (unpaired) electrons. The second kappa shape index (κ2) is 2.68. The van der Waals surface area contributed by atoms with Crippen LogP contribution in [0.3, 0.4) is 0 Å². The average molecular weight is 190 g/mol. The van der Waals surface area contributed by atoms with Crippen molar-refractivity contribution >= 4 is 9.84 Å². The van der Waals surface area contributed by atoms with Crippen molar-refractivity contribution in [3.8, 4) is 0 Å². The van der Waals surface area contributed by atoms with E-state index in [1.165, 1.54) is 0 Å². The largest absolute Gasteiger partial charge is 0.328 e. The van der Waals surface area contributed by atoms with Gasteiger partial charge in [0, 0.05) is 18.1 Å². The van der Waals surface area contributed by atoms with Crippen molar-refractivity contribution in [2.24, 2.45) is 5.73 Å². The Morgan fingerprint density at radius 3 is 2.17 bits per heavy atom. The van der Waals surface area contributed by atoms with Crippen LogP contribution in [0.5, 0.6) is 0 Å². The average Bonchev–Trinajstić information content (AvgIpc) is 1.78. The molecule has 2 heterocycles. The molecular weight excluding hydrogens is 176 g/mol. The first-order chi connectivity index (χ1) is 5.55. The van der Waals surface area contributed by atoms with Crippen LogP contribution in [-0.4, -0.2) is 38.0 Å². The molecule has 5 heteroatoms. The van der Waals surface area contributed by atoms with Gasteiger partial charge in [-0.05, 0) is 12.8 Å². The summed E-state index contributed by atoms with van der Waals surface area (Å²) in [4.78, 5) is 0. The minimum atomic E-state index is -2.78. The standard InChI is InChI=1S/C7H14N2O2S/c8-5-1-6-3-12(10,11)4-7(2-5)9-6/h5-7,9H,1-4,8H2. The van der Waals surface area contributed by atoms with E-state index in [9.17, 15) is 8.42 Å². The lowest BCUT2D eigenvalue weighted by Crippen LogP contribution is -2.59. The van der Waals surface area contributed by atoms with Crippen LogP contribution in [0.2, 0.25) is 0 Å². The zero-order valence-corrected chi connectivity index (χ0v) is 7.68. The van der Waals surface area contributed by atoms with Crippen molar-refractivity contribution in [2.75, 3.05) is 11.5 Å². The Hall–Kier alpha value is -0.130. The van der Waals surface area contributed by atoms with Gasteiger partial charge in [0.15, 0.2) is 9.84 Å². The molecule has 2 unspecified atom stereocenters. The summed E-state index contributed by atoms with van der Waals surface area (Å²) in [5.74, 6) is 0.550. The smallest absolute Gasteiger partial charge is 0.153 e. The van der Waals surface area contributed by atoms with Gasteiger partial charge < -0.3 is 11.1 Å². The maximum Gasteiger partial charge on any atom is 0.153 e. The predicted octanol–water partition coefficient (Wildman–Crippen LogP) is -1.14. The van der Waals surface area contributed by atoms with Crippen molar-refractivity contribution in [3.63, 3.8) is 0 Å². The second-order valence-electron chi connectivity index (χ2n) is 3.87. The molecule has 3 N–H and O–H groups in total. The molecule has 12 heavy (non-hydrogen) atoms. The molecule has 0 spiro atoms. The van der Waals surface area contributed by atoms with E-state index >= 15 is 0 Å². The summed E-state index contributed by atoms with van der Waals surface area (Å²) >= 11 is 0. The number of fused-ring (bicyclic) bond motifs is 2. The van der Waals surface area contributed by atoms with E-state index in [4.69, 9.17) is 5.73 Å². The molecule has 0 aromatic carbocycles. The predicted molar refractivity (Wildman–Crippen MR) is 46.6 cm³/mol. The molecule has 4 nitrogen and oxygen atoms in total. The van der Waals surface area contributed by atoms with E-state index in [0.717, 1.165) is 12.8 Å². The van der Waals surface area contributed by atoms with Crippen LogP contribution in [0.15, 0.2) is 0 Å². The molecule has 2 rings (SSSR count). The number of nitrogens with two attached hydrogens (primary N) is 1. The summed E-state index contributed by atoms with van der Waals surface area (Å²) in [5.41, 5.74) is 5.78. The Morgan fingerprint density at radius 1 is 1.17 bits per heavy atom. The van der Waals surface area contributed by atoms with E-state index in [-0.39, 0.29) is 29.6 Å². The summed E-state index contributed by atoms with van der Waals surface area (Å²) in [6, 6.07) is 0.409. The van der Waals surface area contributed by atoms with Crippen LogP contribution in [0.25, 0.3) is 0 Å². The molecule has 2 atom stereocenters. The van der Waals surface area contributed by atoms with Gasteiger partial charge in [0.1, 0.15) is 0 Å². The van der Waals surface area contributed by atoms with Gasteiger partial charge in [0.05, 0.1) is 11.5 Å². The quantitative estimate of drug-likeness (QED) is 0.506. The highest BCUT2D eigenvalue weighted by atomic mass is 32.2. The summed E-state index contributed by atoms with van der Waals surface area (Å²) in [6.07, 6.45) is 1.60. The Balaban J connectivity index is 2.16. The fraction of sp³-hybridized carbons (Fsp3) is 1.00. The van der Waals surface area contributed by atoms with E-state index in [2.05, 4.69) is 5.32 Å². The second-order valence-corrected chi connectivity index (χ2v) is 6.02. The Labute approximate surface area is 72.4 Å². The summed E-state index contributed by atoms with van der Waals surface area (Å²) < 4.78 is 22.6. The Morgan fingerprint density at radius 2 is 1.67 bits per heavy atom. The monoisotopic (exact) mass is 190 g/mol. The highest BCUT2D eigenvalue weighted by molar-refractivity contribution is 7.91. The van der Waals surface area contributed by atoms with Crippen LogP contribution in [-0.2, 0) is 9.84 Å². The normalized spacial score (nSPS) is 45.6. The third-order valence-electron chi connectivity index (χ3n) is 2.56. The fourth-order valence-electron chi connectivity index (χ4n) is 2.21. The van der Waals surface area contributed by atoms with Gasteiger partial charge in [-0.3, -0.25) is 0 Å². The third-order valence-corrected chi connectivity index (χ3v) is 4.38. The SMILES string of the molecule is NC1CC2CS(=O)(=O)CC(C1)N2. The van der Waals surface area contributed by atoms with Crippen LogP contribution in [0.4, 0.5) is 0 Å². The molecule has 2 aliphatic heterocycles. The van der Waals surface area contributed by atoms with Crippen molar-refractivity contribution in [3.05, 3.63) is 0 Å². The lowest BCUT2D eigenvalue weighted by atomic mass is 9.96. The van der Waals surface area contributed by atoms with E-state index in [1.807, 2.05) is 0 Å². The zero-order chi connectivity index (χ0) is 8.77. The summed E-state index contributed by atoms with van der Waals surface area (Å²) in [5, 5.41) is 3.28. The topological polar surface area (TPSA) is 72.2 Å². The molecule has 2 aliphatic rings. The first kappa shape index (κ1) is 8.47. The Kier molecular flexibility index (Phi) is 1.89.